The van der Waals surface area contributed by atoms with Crippen LogP contribution in [-0.2, 0) is 14.8 Å². The number of carbonyl (C=O) groups excluding carboxylic acids is 1. The van der Waals surface area contributed by atoms with Crippen molar-refractivity contribution in [2.45, 2.75) is 23.4 Å². The Bertz CT molecular complexity index is 884. The number of amides is 1. The lowest BCUT2D eigenvalue weighted by Crippen LogP contribution is -2.39. The maximum absolute atomic E-state index is 12.5. The van der Waals surface area contributed by atoms with Crippen molar-refractivity contribution < 1.29 is 13.2 Å². The van der Waals surface area contributed by atoms with E-state index in [0.717, 1.165) is 9.87 Å². The summed E-state index contributed by atoms with van der Waals surface area (Å²) >= 11 is 0. The number of hydrogen-bond acceptors (Lipinski definition) is 5. The van der Waals surface area contributed by atoms with E-state index in [9.17, 15) is 13.2 Å². The maximum atomic E-state index is 12.5. The Morgan fingerprint density at radius 2 is 1.81 bits per heavy atom. The van der Waals surface area contributed by atoms with Crippen LogP contribution in [0.25, 0.3) is 0 Å². The molecule has 3 rings (SSSR count). The molecule has 0 saturated carbocycles. The van der Waals surface area contributed by atoms with Crippen molar-refractivity contribution in [2.75, 3.05) is 19.4 Å². The molecule has 2 atom stereocenters. The number of carbonyl (C=O) groups is 1. The SMILES string of the molecule is CN(C)S(=O)(=O)c1cccc(NC(=O)C2CC(c3ccccc3)NN2)c1. The van der Waals surface area contributed by atoms with Gasteiger partial charge < -0.3 is 5.32 Å². The van der Waals surface area contributed by atoms with Crippen LogP contribution in [0.1, 0.15) is 18.0 Å². The van der Waals surface area contributed by atoms with E-state index >= 15 is 0 Å². The van der Waals surface area contributed by atoms with E-state index in [4.69, 9.17) is 0 Å². The van der Waals surface area contributed by atoms with Crippen molar-refractivity contribution in [2.24, 2.45) is 0 Å². The van der Waals surface area contributed by atoms with E-state index in [2.05, 4.69) is 16.2 Å². The Morgan fingerprint density at radius 1 is 1.08 bits per heavy atom. The molecule has 2 unspecified atom stereocenters. The minimum Gasteiger partial charge on any atom is -0.325 e. The number of hydrogen-bond donors (Lipinski definition) is 3. The maximum Gasteiger partial charge on any atom is 0.242 e. The first-order valence-electron chi connectivity index (χ1n) is 8.27. The molecule has 138 valence electrons. The van der Waals surface area contributed by atoms with Gasteiger partial charge in [0.25, 0.3) is 0 Å². The van der Waals surface area contributed by atoms with Gasteiger partial charge in [-0.05, 0) is 30.2 Å². The summed E-state index contributed by atoms with van der Waals surface area (Å²) in [5.41, 5.74) is 7.68. The second-order valence-electron chi connectivity index (χ2n) is 6.34. The average Bonchev–Trinajstić information content (AvgIpc) is 3.13. The molecule has 7 nitrogen and oxygen atoms in total. The van der Waals surface area contributed by atoms with E-state index in [1.807, 2.05) is 30.3 Å². The van der Waals surface area contributed by atoms with Gasteiger partial charge in [-0.3, -0.25) is 4.79 Å². The minimum atomic E-state index is -3.54. The number of rotatable bonds is 5. The zero-order valence-corrected chi connectivity index (χ0v) is 15.5. The Balaban J connectivity index is 1.68. The lowest BCUT2D eigenvalue weighted by molar-refractivity contribution is -0.117. The number of sulfonamides is 1. The molecule has 0 bridgehead atoms. The molecule has 0 aromatic heterocycles. The van der Waals surface area contributed by atoms with Crippen molar-refractivity contribution in [1.82, 2.24) is 15.2 Å². The monoisotopic (exact) mass is 374 g/mol. The summed E-state index contributed by atoms with van der Waals surface area (Å²) in [7, 11) is -0.604. The smallest absolute Gasteiger partial charge is 0.242 e. The number of nitrogens with zero attached hydrogens (tertiary/aromatic N) is 1. The molecule has 26 heavy (non-hydrogen) atoms. The summed E-state index contributed by atoms with van der Waals surface area (Å²) in [5, 5.41) is 2.78. The van der Waals surface area contributed by atoms with E-state index in [0.29, 0.717) is 12.1 Å². The summed E-state index contributed by atoms with van der Waals surface area (Å²) < 4.78 is 25.6. The van der Waals surface area contributed by atoms with Crippen LogP contribution in [0.2, 0.25) is 0 Å². The van der Waals surface area contributed by atoms with Crippen LogP contribution in [0, 0.1) is 0 Å². The fraction of sp³-hybridized carbons (Fsp3) is 0.278. The molecule has 1 aliphatic heterocycles. The van der Waals surface area contributed by atoms with Crippen molar-refractivity contribution in [3.05, 3.63) is 60.2 Å². The quantitative estimate of drug-likeness (QED) is 0.738. The second-order valence-corrected chi connectivity index (χ2v) is 8.50. The van der Waals surface area contributed by atoms with Crippen molar-refractivity contribution >= 4 is 21.6 Å². The molecule has 1 aliphatic rings. The van der Waals surface area contributed by atoms with Crippen molar-refractivity contribution in [3.8, 4) is 0 Å². The fourth-order valence-corrected chi connectivity index (χ4v) is 3.75. The van der Waals surface area contributed by atoms with E-state index in [1.54, 1.807) is 12.1 Å². The highest BCUT2D eigenvalue weighted by atomic mass is 32.2. The molecule has 0 radical (unpaired) electrons. The number of hydrazine groups is 1. The van der Waals surface area contributed by atoms with Crippen LogP contribution in [0.5, 0.6) is 0 Å². The van der Waals surface area contributed by atoms with Crippen molar-refractivity contribution in [3.63, 3.8) is 0 Å². The summed E-state index contributed by atoms with van der Waals surface area (Å²) in [5.74, 6) is -0.213. The Labute approximate surface area is 153 Å². The lowest BCUT2D eigenvalue weighted by atomic mass is 10.0. The third-order valence-electron chi connectivity index (χ3n) is 4.30. The van der Waals surface area contributed by atoms with Gasteiger partial charge in [0.05, 0.1) is 4.90 Å². The van der Waals surface area contributed by atoms with Crippen LogP contribution < -0.4 is 16.2 Å². The topological polar surface area (TPSA) is 90.5 Å². The number of anilines is 1. The predicted octanol–water partition coefficient (Wildman–Crippen LogP) is 1.48. The second kappa shape index (κ2) is 7.55. The summed E-state index contributed by atoms with van der Waals surface area (Å²) in [6, 6.07) is 15.8. The van der Waals surface area contributed by atoms with E-state index < -0.39 is 16.1 Å². The molecule has 1 fully saturated rings. The van der Waals surface area contributed by atoms with Gasteiger partial charge in [-0.15, -0.1) is 0 Å². The largest absolute Gasteiger partial charge is 0.325 e. The van der Waals surface area contributed by atoms with Crippen molar-refractivity contribution in [1.29, 1.82) is 0 Å². The number of nitrogens with one attached hydrogen (secondary N) is 3. The Morgan fingerprint density at radius 3 is 2.50 bits per heavy atom. The molecule has 1 saturated heterocycles. The molecule has 1 heterocycles. The van der Waals surface area contributed by atoms with Crippen LogP contribution >= 0.6 is 0 Å². The van der Waals surface area contributed by atoms with Crippen LogP contribution in [0.3, 0.4) is 0 Å². The average molecular weight is 374 g/mol. The highest BCUT2D eigenvalue weighted by molar-refractivity contribution is 7.89. The minimum absolute atomic E-state index is 0.0485. The number of benzene rings is 2. The molecule has 2 aromatic rings. The summed E-state index contributed by atoms with van der Waals surface area (Å²) in [6.45, 7) is 0. The molecular weight excluding hydrogens is 352 g/mol. The van der Waals surface area contributed by atoms with Gasteiger partial charge in [0.1, 0.15) is 6.04 Å². The van der Waals surface area contributed by atoms with Gasteiger partial charge in [-0.25, -0.2) is 23.6 Å². The van der Waals surface area contributed by atoms with Gasteiger partial charge in [0.2, 0.25) is 15.9 Å². The van der Waals surface area contributed by atoms with Gasteiger partial charge in [-0.2, -0.15) is 0 Å². The van der Waals surface area contributed by atoms with Gasteiger partial charge >= 0.3 is 0 Å². The summed E-state index contributed by atoms with van der Waals surface area (Å²) in [6.07, 6.45) is 0.603. The first kappa shape index (κ1) is 18.5. The van der Waals surface area contributed by atoms with Crippen LogP contribution in [0.4, 0.5) is 5.69 Å². The molecule has 0 aliphatic carbocycles. The fourth-order valence-electron chi connectivity index (χ4n) is 2.81. The zero-order valence-electron chi connectivity index (χ0n) is 14.6. The molecule has 8 heteroatoms. The van der Waals surface area contributed by atoms with E-state index in [-0.39, 0.29) is 16.8 Å². The Kier molecular flexibility index (Phi) is 5.38. The molecule has 1 amide bonds. The molecule has 0 spiro atoms. The predicted molar refractivity (Wildman–Crippen MR) is 99.8 cm³/mol. The third kappa shape index (κ3) is 3.94. The van der Waals surface area contributed by atoms with Gasteiger partial charge in [-0.1, -0.05) is 36.4 Å². The molecular formula is C18H22N4O3S. The van der Waals surface area contributed by atoms with Gasteiger partial charge in [0, 0.05) is 25.8 Å². The highest BCUT2D eigenvalue weighted by Gasteiger charge is 2.30. The Hall–Kier alpha value is -2.26. The summed E-state index contributed by atoms with van der Waals surface area (Å²) in [4.78, 5) is 12.7. The van der Waals surface area contributed by atoms with Crippen LogP contribution in [0.15, 0.2) is 59.5 Å². The lowest BCUT2D eigenvalue weighted by Gasteiger charge is -2.14. The first-order valence-corrected chi connectivity index (χ1v) is 9.71. The normalized spacial score (nSPS) is 20.3. The third-order valence-corrected chi connectivity index (χ3v) is 6.11. The molecule has 2 aromatic carbocycles. The zero-order chi connectivity index (χ0) is 18.7. The van der Waals surface area contributed by atoms with E-state index in [1.165, 1.54) is 26.2 Å². The highest BCUT2D eigenvalue weighted by Crippen LogP contribution is 2.23. The van der Waals surface area contributed by atoms with Gasteiger partial charge in [0.15, 0.2) is 0 Å². The standard InChI is InChI=1S/C18H22N4O3S/c1-22(2)26(24,25)15-10-6-9-14(11-15)19-18(23)17-12-16(20-21-17)13-7-4-3-5-8-13/h3-11,16-17,20-21H,12H2,1-2H3,(H,19,23). The first-order chi connectivity index (χ1) is 12.4. The van der Waals surface area contributed by atoms with Crippen LogP contribution in [-0.4, -0.2) is 38.8 Å². The molecule has 3 N–H and O–H groups in total.